The van der Waals surface area contributed by atoms with Gasteiger partial charge in [-0.1, -0.05) is 12.1 Å². The van der Waals surface area contributed by atoms with E-state index in [0.29, 0.717) is 6.42 Å². The Balaban J connectivity index is 2.79. The monoisotopic (exact) mass is 334 g/mol. The molecule has 0 radical (unpaired) electrons. The van der Waals surface area contributed by atoms with Crippen LogP contribution in [0, 0.1) is 0 Å². The molecular weight excluding hydrogens is 319 g/mol. The largest absolute Gasteiger partial charge is 0.497 e. The molecule has 0 spiro atoms. The van der Waals surface area contributed by atoms with E-state index < -0.39 is 0 Å². The third-order valence-corrected chi connectivity index (χ3v) is 3.39. The lowest BCUT2D eigenvalue weighted by atomic mass is 10.1. The van der Waals surface area contributed by atoms with E-state index in [9.17, 15) is 5.11 Å². The third-order valence-electron chi connectivity index (χ3n) is 2.29. The maximum Gasteiger partial charge on any atom is 0.118 e. The van der Waals surface area contributed by atoms with E-state index in [0.717, 1.165) is 20.5 Å². The van der Waals surface area contributed by atoms with Crippen molar-refractivity contribution < 1.29 is 14.9 Å². The zero-order chi connectivity index (χ0) is 12.0. The Kier molecular flexibility index (Phi) is 5.79. The summed E-state index contributed by atoms with van der Waals surface area (Å²) in [5.41, 5.74) is 1.95. The molecule has 4 heteroatoms. The number of aliphatic hydroxyl groups is 2. The maximum absolute atomic E-state index is 9.19. The first-order valence-electron chi connectivity index (χ1n) is 4.92. The zero-order valence-electron chi connectivity index (χ0n) is 9.11. The second-order valence-corrected chi connectivity index (χ2v) is 4.65. The van der Waals surface area contributed by atoms with Crippen molar-refractivity contribution in [3.63, 3.8) is 0 Å². The number of aliphatic hydroxyl groups excluding tert-OH is 2. The van der Waals surface area contributed by atoms with E-state index in [2.05, 4.69) is 22.6 Å². The van der Waals surface area contributed by atoms with Gasteiger partial charge in [0.05, 0.1) is 20.3 Å². The van der Waals surface area contributed by atoms with Crippen LogP contribution in [0.1, 0.15) is 5.56 Å². The summed E-state index contributed by atoms with van der Waals surface area (Å²) in [6.07, 6.45) is 0.652. The van der Waals surface area contributed by atoms with Crippen LogP contribution in [-0.2, 0) is 6.42 Å². The van der Waals surface area contributed by atoms with Crippen molar-refractivity contribution in [3.8, 4) is 5.75 Å². The van der Waals surface area contributed by atoms with Crippen molar-refractivity contribution in [1.82, 2.24) is 0 Å². The average Bonchev–Trinajstić information content (AvgIpc) is 2.35. The van der Waals surface area contributed by atoms with E-state index in [4.69, 9.17) is 9.84 Å². The summed E-state index contributed by atoms with van der Waals surface area (Å²) in [5, 5.41) is 18.2. The number of hydrogen-bond acceptors (Lipinski definition) is 3. The first kappa shape index (κ1) is 13.5. The Labute approximate surface area is 109 Å². The summed E-state index contributed by atoms with van der Waals surface area (Å²) in [6, 6.07) is 7.68. The second-order valence-electron chi connectivity index (χ2n) is 3.35. The van der Waals surface area contributed by atoms with Crippen LogP contribution < -0.4 is 4.74 Å². The minimum atomic E-state index is -0.0230. The molecule has 88 valence electrons. The molecule has 0 aliphatic heterocycles. The highest BCUT2D eigenvalue weighted by atomic mass is 127. The van der Waals surface area contributed by atoms with Crippen LogP contribution in [-0.4, -0.2) is 30.5 Å². The zero-order valence-corrected chi connectivity index (χ0v) is 11.3. The van der Waals surface area contributed by atoms with Gasteiger partial charge in [0, 0.05) is 3.58 Å². The topological polar surface area (TPSA) is 49.7 Å². The quantitative estimate of drug-likeness (QED) is 0.809. The molecule has 1 aromatic carbocycles. The molecule has 0 bridgehead atoms. The Bertz CT molecular complexity index is 357. The summed E-state index contributed by atoms with van der Waals surface area (Å²) >= 11 is 2.05. The predicted octanol–water partition coefficient (Wildman–Crippen LogP) is 1.91. The van der Waals surface area contributed by atoms with E-state index in [1.54, 1.807) is 7.11 Å². The first-order valence-corrected chi connectivity index (χ1v) is 6.00. The van der Waals surface area contributed by atoms with Gasteiger partial charge in [0.25, 0.3) is 0 Å². The summed E-state index contributed by atoms with van der Waals surface area (Å²) in [7, 11) is 1.63. The predicted molar refractivity (Wildman–Crippen MR) is 71.9 cm³/mol. The molecule has 0 saturated carbocycles. The molecule has 1 aromatic rings. The highest BCUT2D eigenvalue weighted by Crippen LogP contribution is 2.18. The standard InChI is InChI=1S/C12H15IO3/c1-16-11-4-2-9(3-5-11)6-10(7-14)12(13)8-15/h2-5,14-15H,6-8H2,1H3/b12-10+. The molecule has 0 aliphatic carbocycles. The summed E-state index contributed by atoms with van der Waals surface area (Å²) in [4.78, 5) is 0. The number of halogens is 1. The molecule has 0 aliphatic rings. The molecule has 0 aromatic heterocycles. The van der Waals surface area contributed by atoms with Gasteiger partial charge in [-0.2, -0.15) is 0 Å². The smallest absolute Gasteiger partial charge is 0.118 e. The molecule has 0 fully saturated rings. The minimum Gasteiger partial charge on any atom is -0.497 e. The van der Waals surface area contributed by atoms with Gasteiger partial charge in [-0.3, -0.25) is 0 Å². The van der Waals surface area contributed by atoms with Crippen LogP contribution in [0.5, 0.6) is 5.75 Å². The molecule has 0 saturated heterocycles. The molecular formula is C12H15IO3. The van der Waals surface area contributed by atoms with Crippen molar-refractivity contribution in [2.24, 2.45) is 0 Å². The Morgan fingerprint density at radius 2 is 1.81 bits per heavy atom. The molecule has 0 heterocycles. The van der Waals surface area contributed by atoms with Crippen LogP contribution in [0.3, 0.4) is 0 Å². The maximum atomic E-state index is 9.19. The average molecular weight is 334 g/mol. The van der Waals surface area contributed by atoms with Crippen molar-refractivity contribution >= 4 is 22.6 Å². The number of benzene rings is 1. The Morgan fingerprint density at radius 3 is 2.25 bits per heavy atom. The van der Waals surface area contributed by atoms with Crippen LogP contribution in [0.2, 0.25) is 0 Å². The lowest BCUT2D eigenvalue weighted by molar-refractivity contribution is 0.316. The fraction of sp³-hybridized carbons (Fsp3) is 0.333. The van der Waals surface area contributed by atoms with Gasteiger partial charge in [0.2, 0.25) is 0 Å². The van der Waals surface area contributed by atoms with Crippen molar-refractivity contribution in [1.29, 1.82) is 0 Å². The van der Waals surface area contributed by atoms with Crippen LogP contribution in [0.4, 0.5) is 0 Å². The van der Waals surface area contributed by atoms with Crippen LogP contribution in [0.25, 0.3) is 0 Å². The fourth-order valence-electron chi connectivity index (χ4n) is 1.34. The van der Waals surface area contributed by atoms with Gasteiger partial charge in [-0.25, -0.2) is 0 Å². The normalized spacial score (nSPS) is 12.2. The highest BCUT2D eigenvalue weighted by molar-refractivity contribution is 14.1. The Hall–Kier alpha value is -0.590. The molecule has 0 amide bonds. The van der Waals surface area contributed by atoms with Gasteiger partial charge in [-0.05, 0) is 52.3 Å². The number of rotatable bonds is 5. The molecule has 1 rings (SSSR count). The summed E-state index contributed by atoms with van der Waals surface area (Å²) in [5.74, 6) is 0.815. The van der Waals surface area contributed by atoms with E-state index in [1.807, 2.05) is 24.3 Å². The van der Waals surface area contributed by atoms with Gasteiger partial charge in [-0.15, -0.1) is 0 Å². The van der Waals surface area contributed by atoms with Gasteiger partial charge in [0.15, 0.2) is 0 Å². The highest BCUT2D eigenvalue weighted by Gasteiger charge is 2.04. The first-order chi connectivity index (χ1) is 7.71. The van der Waals surface area contributed by atoms with Gasteiger partial charge >= 0.3 is 0 Å². The SMILES string of the molecule is COc1ccc(C/C(CO)=C(\I)CO)cc1. The fourth-order valence-corrected chi connectivity index (χ4v) is 1.70. The minimum absolute atomic E-state index is 0.0212. The third kappa shape index (κ3) is 3.77. The van der Waals surface area contributed by atoms with Crippen molar-refractivity contribution in [2.75, 3.05) is 20.3 Å². The van der Waals surface area contributed by atoms with E-state index in [1.165, 1.54) is 0 Å². The molecule has 2 N–H and O–H groups in total. The molecule has 3 nitrogen and oxygen atoms in total. The van der Waals surface area contributed by atoms with E-state index in [-0.39, 0.29) is 13.2 Å². The molecule has 0 atom stereocenters. The van der Waals surface area contributed by atoms with Gasteiger partial charge in [0.1, 0.15) is 5.75 Å². The lowest BCUT2D eigenvalue weighted by Gasteiger charge is -2.08. The summed E-state index contributed by atoms with van der Waals surface area (Å²) < 4.78 is 5.87. The van der Waals surface area contributed by atoms with E-state index >= 15 is 0 Å². The second kappa shape index (κ2) is 6.88. The van der Waals surface area contributed by atoms with Crippen molar-refractivity contribution in [2.45, 2.75) is 6.42 Å². The number of hydrogen-bond donors (Lipinski definition) is 2. The Morgan fingerprint density at radius 1 is 1.19 bits per heavy atom. The lowest BCUT2D eigenvalue weighted by Crippen LogP contribution is -2.00. The van der Waals surface area contributed by atoms with Gasteiger partial charge < -0.3 is 14.9 Å². The number of methoxy groups -OCH3 is 1. The van der Waals surface area contributed by atoms with Crippen molar-refractivity contribution in [3.05, 3.63) is 39.0 Å². The van der Waals surface area contributed by atoms with Crippen LogP contribution in [0.15, 0.2) is 33.4 Å². The summed E-state index contributed by atoms with van der Waals surface area (Å²) in [6.45, 7) is -0.0442. The molecule has 0 unspecified atom stereocenters. The number of ether oxygens (including phenoxy) is 1. The van der Waals surface area contributed by atoms with Crippen LogP contribution >= 0.6 is 22.6 Å². The molecule has 16 heavy (non-hydrogen) atoms.